The highest BCUT2D eigenvalue weighted by atomic mass is 16.5. The summed E-state index contributed by atoms with van der Waals surface area (Å²) in [4.78, 5) is 37.2. The van der Waals surface area contributed by atoms with E-state index in [1.807, 2.05) is 50.2 Å². The van der Waals surface area contributed by atoms with Crippen LogP contribution >= 0.6 is 0 Å². The molecule has 3 rings (SSSR count). The number of benzene rings is 3. The SMILES string of the molecule is Cc1cccc(C(=O)OCC(=O)Nc2ccccc2C(=O)N[C@@H](C)c2ccccc2)c1. The van der Waals surface area contributed by atoms with Gasteiger partial charge in [-0.15, -0.1) is 0 Å². The summed E-state index contributed by atoms with van der Waals surface area (Å²) in [5.74, 6) is -1.43. The number of anilines is 1. The minimum absolute atomic E-state index is 0.201. The van der Waals surface area contributed by atoms with E-state index in [1.54, 1.807) is 42.5 Å². The van der Waals surface area contributed by atoms with Crippen LogP contribution in [0.25, 0.3) is 0 Å². The number of amides is 2. The Morgan fingerprint density at radius 1 is 0.903 bits per heavy atom. The van der Waals surface area contributed by atoms with Crippen LogP contribution in [0.1, 0.15) is 44.8 Å². The normalized spacial score (nSPS) is 11.3. The van der Waals surface area contributed by atoms with E-state index in [1.165, 1.54) is 0 Å². The minimum atomic E-state index is -0.582. The number of carbonyl (C=O) groups excluding carboxylic acids is 3. The van der Waals surface area contributed by atoms with E-state index in [9.17, 15) is 14.4 Å². The molecule has 0 aliphatic heterocycles. The van der Waals surface area contributed by atoms with Gasteiger partial charge in [0.25, 0.3) is 11.8 Å². The summed E-state index contributed by atoms with van der Waals surface area (Å²) in [7, 11) is 0. The number of rotatable bonds is 7. The molecule has 3 aromatic rings. The van der Waals surface area contributed by atoms with E-state index in [2.05, 4.69) is 10.6 Å². The Morgan fingerprint density at radius 3 is 2.35 bits per heavy atom. The molecule has 0 aromatic heterocycles. The van der Waals surface area contributed by atoms with Crippen molar-refractivity contribution >= 4 is 23.5 Å². The second kappa shape index (κ2) is 10.2. The van der Waals surface area contributed by atoms with Crippen molar-refractivity contribution in [2.24, 2.45) is 0 Å². The fraction of sp³-hybridized carbons (Fsp3) is 0.160. The molecule has 158 valence electrons. The quantitative estimate of drug-likeness (QED) is 0.563. The minimum Gasteiger partial charge on any atom is -0.452 e. The standard InChI is InChI=1S/C25H24N2O4/c1-17-9-8-12-20(15-17)25(30)31-16-23(28)27-22-14-7-6-13-21(22)24(29)26-18(2)19-10-4-3-5-11-19/h3-15,18H,16H2,1-2H3,(H,26,29)(H,27,28)/t18-/m0/s1. The van der Waals surface area contributed by atoms with Crippen LogP contribution in [0.4, 0.5) is 5.69 Å². The molecule has 0 bridgehead atoms. The first kappa shape index (κ1) is 21.8. The Hall–Kier alpha value is -3.93. The van der Waals surface area contributed by atoms with Crippen molar-refractivity contribution in [2.45, 2.75) is 19.9 Å². The molecule has 31 heavy (non-hydrogen) atoms. The van der Waals surface area contributed by atoms with E-state index in [-0.39, 0.29) is 11.9 Å². The average Bonchev–Trinajstić information content (AvgIpc) is 2.78. The van der Waals surface area contributed by atoms with E-state index < -0.39 is 18.5 Å². The van der Waals surface area contributed by atoms with Crippen molar-refractivity contribution in [3.05, 3.63) is 101 Å². The topological polar surface area (TPSA) is 84.5 Å². The first-order valence-corrected chi connectivity index (χ1v) is 9.92. The molecule has 0 radical (unpaired) electrons. The summed E-state index contributed by atoms with van der Waals surface area (Å²) < 4.78 is 5.09. The lowest BCUT2D eigenvalue weighted by molar-refractivity contribution is -0.119. The number of carbonyl (C=O) groups is 3. The molecule has 6 heteroatoms. The fourth-order valence-corrected chi connectivity index (χ4v) is 3.06. The van der Waals surface area contributed by atoms with Crippen molar-refractivity contribution in [2.75, 3.05) is 11.9 Å². The Balaban J connectivity index is 1.61. The van der Waals surface area contributed by atoms with Crippen LogP contribution < -0.4 is 10.6 Å². The molecule has 0 unspecified atom stereocenters. The summed E-state index contributed by atoms with van der Waals surface area (Å²) in [6.07, 6.45) is 0. The van der Waals surface area contributed by atoms with Gasteiger partial charge in [0, 0.05) is 0 Å². The number of hydrogen-bond donors (Lipinski definition) is 2. The van der Waals surface area contributed by atoms with Crippen LogP contribution in [-0.4, -0.2) is 24.4 Å². The molecule has 6 nitrogen and oxygen atoms in total. The molecule has 0 fully saturated rings. The van der Waals surface area contributed by atoms with Gasteiger partial charge in [0.15, 0.2) is 6.61 Å². The summed E-state index contributed by atoms with van der Waals surface area (Å²) in [5, 5.41) is 5.57. The third-order valence-electron chi connectivity index (χ3n) is 4.68. The smallest absolute Gasteiger partial charge is 0.338 e. The monoisotopic (exact) mass is 416 g/mol. The van der Waals surface area contributed by atoms with Gasteiger partial charge in [-0.25, -0.2) is 4.79 Å². The Kier molecular flexibility index (Phi) is 7.17. The lowest BCUT2D eigenvalue weighted by atomic mass is 10.1. The lowest BCUT2D eigenvalue weighted by Crippen LogP contribution is -2.28. The lowest BCUT2D eigenvalue weighted by Gasteiger charge is -2.16. The van der Waals surface area contributed by atoms with Gasteiger partial charge in [-0.1, -0.05) is 60.2 Å². The van der Waals surface area contributed by atoms with Gasteiger partial charge in [-0.2, -0.15) is 0 Å². The van der Waals surface area contributed by atoms with E-state index in [0.717, 1.165) is 11.1 Å². The van der Waals surface area contributed by atoms with Crippen LogP contribution in [0.3, 0.4) is 0 Å². The molecular weight excluding hydrogens is 392 g/mol. The third-order valence-corrected chi connectivity index (χ3v) is 4.68. The number of para-hydroxylation sites is 1. The molecule has 3 aromatic carbocycles. The van der Waals surface area contributed by atoms with Crippen molar-refractivity contribution in [3.63, 3.8) is 0 Å². The molecule has 0 saturated heterocycles. The van der Waals surface area contributed by atoms with Crippen molar-refractivity contribution < 1.29 is 19.1 Å². The first-order valence-electron chi connectivity index (χ1n) is 9.92. The highest BCUT2D eigenvalue weighted by molar-refractivity contribution is 6.04. The number of esters is 1. The summed E-state index contributed by atoms with van der Waals surface area (Å²) >= 11 is 0. The van der Waals surface area contributed by atoms with E-state index >= 15 is 0 Å². The van der Waals surface area contributed by atoms with Gasteiger partial charge in [0.2, 0.25) is 0 Å². The number of nitrogens with one attached hydrogen (secondary N) is 2. The van der Waals surface area contributed by atoms with Crippen molar-refractivity contribution in [1.29, 1.82) is 0 Å². The summed E-state index contributed by atoms with van der Waals surface area (Å²) in [6.45, 7) is 3.30. The van der Waals surface area contributed by atoms with Gasteiger partial charge < -0.3 is 15.4 Å². The second-order valence-electron chi connectivity index (χ2n) is 7.15. The zero-order chi connectivity index (χ0) is 22.2. The van der Waals surface area contributed by atoms with Gasteiger partial charge in [0.05, 0.1) is 22.9 Å². The highest BCUT2D eigenvalue weighted by Gasteiger charge is 2.17. The van der Waals surface area contributed by atoms with Crippen LogP contribution in [0.2, 0.25) is 0 Å². The maximum atomic E-state index is 12.8. The molecule has 2 amide bonds. The number of aryl methyl sites for hydroxylation is 1. The highest BCUT2D eigenvalue weighted by Crippen LogP contribution is 2.18. The van der Waals surface area contributed by atoms with Crippen LogP contribution in [0.5, 0.6) is 0 Å². The number of ether oxygens (including phenoxy) is 1. The van der Waals surface area contributed by atoms with Crippen LogP contribution in [-0.2, 0) is 9.53 Å². The van der Waals surface area contributed by atoms with Crippen molar-refractivity contribution in [3.8, 4) is 0 Å². The van der Waals surface area contributed by atoms with Crippen molar-refractivity contribution in [1.82, 2.24) is 5.32 Å². The van der Waals surface area contributed by atoms with Gasteiger partial charge in [-0.05, 0) is 43.7 Å². The maximum absolute atomic E-state index is 12.8. The third kappa shape index (κ3) is 6.02. The van der Waals surface area contributed by atoms with E-state index in [0.29, 0.717) is 16.8 Å². The van der Waals surface area contributed by atoms with Gasteiger partial charge in [-0.3, -0.25) is 9.59 Å². The Bertz CT molecular complexity index is 1080. The molecule has 0 saturated carbocycles. The molecule has 2 N–H and O–H groups in total. The van der Waals surface area contributed by atoms with Crippen LogP contribution in [0.15, 0.2) is 78.9 Å². The van der Waals surface area contributed by atoms with Gasteiger partial charge >= 0.3 is 5.97 Å². The first-order chi connectivity index (χ1) is 14.9. The molecule has 0 heterocycles. The molecular formula is C25H24N2O4. The Labute approximate surface area is 181 Å². The largest absolute Gasteiger partial charge is 0.452 e. The summed E-state index contributed by atoms with van der Waals surface area (Å²) in [6, 6.07) is 23.0. The number of hydrogen-bond acceptors (Lipinski definition) is 4. The maximum Gasteiger partial charge on any atom is 0.338 e. The Morgan fingerprint density at radius 2 is 1.61 bits per heavy atom. The zero-order valence-electron chi connectivity index (χ0n) is 17.4. The average molecular weight is 416 g/mol. The summed E-state index contributed by atoms with van der Waals surface area (Å²) in [5.41, 5.74) is 2.94. The van der Waals surface area contributed by atoms with Crippen LogP contribution in [0, 0.1) is 6.92 Å². The fourth-order valence-electron chi connectivity index (χ4n) is 3.06. The molecule has 1 atom stereocenters. The molecule has 0 spiro atoms. The predicted molar refractivity (Wildman–Crippen MR) is 119 cm³/mol. The van der Waals surface area contributed by atoms with E-state index in [4.69, 9.17) is 4.74 Å². The molecule has 0 aliphatic rings. The van der Waals surface area contributed by atoms with Gasteiger partial charge in [0.1, 0.15) is 0 Å². The zero-order valence-corrected chi connectivity index (χ0v) is 17.4. The second-order valence-corrected chi connectivity index (χ2v) is 7.15. The predicted octanol–water partition coefficient (Wildman–Crippen LogP) is 4.28. The molecule has 0 aliphatic carbocycles.